The molecule has 2 aromatic rings. The summed E-state index contributed by atoms with van der Waals surface area (Å²) in [6.45, 7) is 0. The van der Waals surface area contributed by atoms with E-state index < -0.39 is 12.6 Å². The number of H-pyrrole nitrogens is 1. The smallest absolute Gasteiger partial charge is 0.361 e. The van der Waals surface area contributed by atoms with Crippen LogP contribution in [0, 0.1) is 0 Å². The highest BCUT2D eigenvalue weighted by molar-refractivity contribution is 5.83. The fraction of sp³-hybridized carbons (Fsp3) is 0.467. The third-order valence-electron chi connectivity index (χ3n) is 3.56. The van der Waals surface area contributed by atoms with Gasteiger partial charge in [0.1, 0.15) is 0 Å². The monoisotopic (exact) mass is 284 g/mol. The van der Waals surface area contributed by atoms with Crippen LogP contribution in [0.3, 0.4) is 0 Å². The lowest BCUT2D eigenvalue weighted by Crippen LogP contribution is -2.27. The second kappa shape index (κ2) is 6.31. The first kappa shape index (κ1) is 14.9. The second-order valence-corrected chi connectivity index (χ2v) is 5.06. The highest BCUT2D eigenvalue weighted by atomic mass is 19.4. The predicted molar refractivity (Wildman–Crippen MR) is 74.8 cm³/mol. The first-order chi connectivity index (χ1) is 9.49. The number of para-hydroxylation sites is 1. The Morgan fingerprint density at radius 3 is 2.70 bits per heavy atom. The molecule has 0 fully saturated rings. The molecule has 5 heteroatoms. The molecule has 1 aromatic heterocycles. The molecule has 0 aliphatic rings. The zero-order chi connectivity index (χ0) is 14.6. The second-order valence-electron chi connectivity index (χ2n) is 5.06. The molecule has 110 valence electrons. The van der Waals surface area contributed by atoms with Crippen molar-refractivity contribution in [3.05, 3.63) is 36.0 Å². The van der Waals surface area contributed by atoms with Gasteiger partial charge in [-0.25, -0.2) is 0 Å². The standard InChI is InChI=1S/C15H19F3N2/c1-19-12(5-4-8-15(16,17)18)9-11-10-20-14-7-3-2-6-13(11)14/h2-3,6-7,10,12,19-20H,4-5,8-9H2,1H3. The topological polar surface area (TPSA) is 27.8 Å². The van der Waals surface area contributed by atoms with E-state index in [0.29, 0.717) is 6.42 Å². The van der Waals surface area contributed by atoms with E-state index in [1.165, 1.54) is 0 Å². The molecule has 20 heavy (non-hydrogen) atoms. The molecular formula is C15H19F3N2. The van der Waals surface area contributed by atoms with E-state index in [2.05, 4.69) is 10.3 Å². The molecular weight excluding hydrogens is 265 g/mol. The molecule has 1 heterocycles. The van der Waals surface area contributed by atoms with Crippen molar-refractivity contribution in [2.75, 3.05) is 7.05 Å². The van der Waals surface area contributed by atoms with Gasteiger partial charge in [-0.1, -0.05) is 18.2 Å². The van der Waals surface area contributed by atoms with Gasteiger partial charge >= 0.3 is 6.18 Å². The zero-order valence-electron chi connectivity index (χ0n) is 11.4. The van der Waals surface area contributed by atoms with Gasteiger partial charge in [-0.05, 0) is 37.9 Å². The molecule has 0 aliphatic carbocycles. The fourth-order valence-corrected chi connectivity index (χ4v) is 2.46. The van der Waals surface area contributed by atoms with Crippen molar-refractivity contribution < 1.29 is 13.2 Å². The number of halogens is 3. The van der Waals surface area contributed by atoms with Gasteiger partial charge < -0.3 is 10.3 Å². The Morgan fingerprint density at radius 1 is 1.25 bits per heavy atom. The van der Waals surface area contributed by atoms with E-state index in [4.69, 9.17) is 0 Å². The normalized spacial score (nSPS) is 13.8. The Kier molecular flexibility index (Phi) is 4.70. The van der Waals surface area contributed by atoms with Crippen LogP contribution >= 0.6 is 0 Å². The Labute approximate surface area is 116 Å². The van der Waals surface area contributed by atoms with Gasteiger partial charge in [0.15, 0.2) is 0 Å². The molecule has 1 aromatic carbocycles. The van der Waals surface area contributed by atoms with Crippen LogP contribution in [-0.4, -0.2) is 24.2 Å². The molecule has 0 bridgehead atoms. The average Bonchev–Trinajstić information content (AvgIpc) is 2.79. The molecule has 1 atom stereocenters. The zero-order valence-corrected chi connectivity index (χ0v) is 11.4. The van der Waals surface area contributed by atoms with Gasteiger partial charge in [-0.2, -0.15) is 13.2 Å². The van der Waals surface area contributed by atoms with Crippen molar-refractivity contribution in [3.63, 3.8) is 0 Å². The summed E-state index contributed by atoms with van der Waals surface area (Å²) in [5.74, 6) is 0. The van der Waals surface area contributed by atoms with Crippen molar-refractivity contribution in [2.24, 2.45) is 0 Å². The summed E-state index contributed by atoms with van der Waals surface area (Å²) in [5.41, 5.74) is 2.21. The van der Waals surface area contributed by atoms with Crippen LogP contribution in [-0.2, 0) is 6.42 Å². The quantitative estimate of drug-likeness (QED) is 0.823. The molecule has 0 saturated carbocycles. The molecule has 2 rings (SSSR count). The number of fused-ring (bicyclic) bond motifs is 1. The Balaban J connectivity index is 1.96. The largest absolute Gasteiger partial charge is 0.389 e. The van der Waals surface area contributed by atoms with E-state index >= 15 is 0 Å². The number of hydrogen-bond acceptors (Lipinski definition) is 1. The number of hydrogen-bond donors (Lipinski definition) is 2. The molecule has 0 saturated heterocycles. The molecule has 0 amide bonds. The average molecular weight is 284 g/mol. The summed E-state index contributed by atoms with van der Waals surface area (Å²) in [4.78, 5) is 3.19. The lowest BCUT2D eigenvalue weighted by molar-refractivity contribution is -0.135. The molecule has 2 nitrogen and oxygen atoms in total. The first-order valence-electron chi connectivity index (χ1n) is 6.78. The van der Waals surface area contributed by atoms with Crippen molar-refractivity contribution in [1.82, 2.24) is 10.3 Å². The van der Waals surface area contributed by atoms with Crippen LogP contribution in [0.4, 0.5) is 13.2 Å². The van der Waals surface area contributed by atoms with Gasteiger partial charge in [-0.3, -0.25) is 0 Å². The Morgan fingerprint density at radius 2 is 2.00 bits per heavy atom. The van der Waals surface area contributed by atoms with Crippen LogP contribution in [0.2, 0.25) is 0 Å². The molecule has 2 N–H and O–H groups in total. The van der Waals surface area contributed by atoms with E-state index in [-0.39, 0.29) is 12.5 Å². The lowest BCUT2D eigenvalue weighted by Gasteiger charge is -2.16. The maximum Gasteiger partial charge on any atom is 0.389 e. The minimum atomic E-state index is -4.06. The lowest BCUT2D eigenvalue weighted by atomic mass is 10.0. The summed E-state index contributed by atoms with van der Waals surface area (Å²) >= 11 is 0. The third-order valence-corrected chi connectivity index (χ3v) is 3.56. The number of nitrogens with one attached hydrogen (secondary N) is 2. The van der Waals surface area contributed by atoms with E-state index in [0.717, 1.165) is 22.9 Å². The number of alkyl halides is 3. The van der Waals surface area contributed by atoms with E-state index in [9.17, 15) is 13.2 Å². The van der Waals surface area contributed by atoms with E-state index in [1.807, 2.05) is 30.5 Å². The number of benzene rings is 1. The van der Waals surface area contributed by atoms with Crippen molar-refractivity contribution in [1.29, 1.82) is 0 Å². The highest BCUT2D eigenvalue weighted by Crippen LogP contribution is 2.24. The SMILES string of the molecule is CNC(CCCC(F)(F)F)Cc1c[nH]c2ccccc12. The minimum Gasteiger partial charge on any atom is -0.361 e. The van der Waals surface area contributed by atoms with Gasteiger partial charge in [0.25, 0.3) is 0 Å². The summed E-state index contributed by atoms with van der Waals surface area (Å²) in [6, 6.07) is 8.02. The van der Waals surface area contributed by atoms with Crippen molar-refractivity contribution in [3.8, 4) is 0 Å². The molecule has 0 radical (unpaired) electrons. The van der Waals surface area contributed by atoms with Gasteiger partial charge in [-0.15, -0.1) is 0 Å². The number of likely N-dealkylation sites (N-methyl/N-ethyl adjacent to an activating group) is 1. The maximum atomic E-state index is 12.2. The Bertz CT molecular complexity index is 545. The summed E-state index contributed by atoms with van der Waals surface area (Å²) in [5, 5.41) is 4.25. The number of aromatic nitrogens is 1. The summed E-state index contributed by atoms with van der Waals surface area (Å²) in [7, 11) is 1.80. The van der Waals surface area contributed by atoms with Gasteiger partial charge in [0.05, 0.1) is 0 Å². The molecule has 0 spiro atoms. The minimum absolute atomic E-state index is 0.0663. The van der Waals surface area contributed by atoms with Crippen molar-refractivity contribution >= 4 is 10.9 Å². The first-order valence-corrected chi connectivity index (χ1v) is 6.78. The van der Waals surface area contributed by atoms with Crippen LogP contribution < -0.4 is 5.32 Å². The molecule has 1 unspecified atom stereocenters. The van der Waals surface area contributed by atoms with Crippen molar-refractivity contribution in [2.45, 2.75) is 37.9 Å². The van der Waals surface area contributed by atoms with E-state index in [1.54, 1.807) is 7.05 Å². The van der Waals surface area contributed by atoms with Gasteiger partial charge in [0, 0.05) is 29.6 Å². The predicted octanol–water partition coefficient (Wildman–Crippen LogP) is 4.03. The number of rotatable bonds is 6. The Hall–Kier alpha value is -1.49. The number of aromatic amines is 1. The van der Waals surface area contributed by atoms with Crippen LogP contribution in [0.15, 0.2) is 30.5 Å². The summed E-state index contributed by atoms with van der Waals surface area (Å²) < 4.78 is 36.5. The molecule has 0 aliphatic heterocycles. The highest BCUT2D eigenvalue weighted by Gasteiger charge is 2.26. The fourth-order valence-electron chi connectivity index (χ4n) is 2.46. The summed E-state index contributed by atoms with van der Waals surface area (Å²) in [6.07, 6.45) is -1.40. The van der Waals surface area contributed by atoms with Crippen LogP contribution in [0.25, 0.3) is 10.9 Å². The van der Waals surface area contributed by atoms with Crippen LogP contribution in [0.5, 0.6) is 0 Å². The maximum absolute atomic E-state index is 12.2. The van der Waals surface area contributed by atoms with Gasteiger partial charge in [0.2, 0.25) is 0 Å². The third kappa shape index (κ3) is 4.00. The van der Waals surface area contributed by atoms with Crippen LogP contribution in [0.1, 0.15) is 24.8 Å².